The highest BCUT2D eigenvalue weighted by Crippen LogP contribution is 2.15. The lowest BCUT2D eigenvalue weighted by molar-refractivity contribution is -0.881. The van der Waals surface area contributed by atoms with E-state index in [1.165, 1.54) is 0 Å². The van der Waals surface area contributed by atoms with Gasteiger partial charge in [0.1, 0.15) is 11.3 Å². The SMILES string of the molecule is CC[NH+](CC(=O)Nc1ccc(OC)cc1)CC(=O)N[C@@](C)(C#N)C(C)C. The molecule has 3 N–H and O–H groups in total. The van der Waals surface area contributed by atoms with E-state index in [9.17, 15) is 14.9 Å². The Morgan fingerprint density at radius 1 is 1.23 bits per heavy atom. The molecule has 0 aromatic heterocycles. The van der Waals surface area contributed by atoms with Crippen molar-refractivity contribution in [3.63, 3.8) is 0 Å². The molecule has 1 aromatic rings. The third-order valence-corrected chi connectivity index (χ3v) is 4.48. The number of anilines is 1. The lowest BCUT2D eigenvalue weighted by Crippen LogP contribution is -3.14. The number of amides is 2. The molecule has 1 rings (SSSR count). The van der Waals surface area contributed by atoms with Gasteiger partial charge < -0.3 is 20.3 Å². The molecule has 26 heavy (non-hydrogen) atoms. The normalized spacial score (nSPS) is 14.0. The highest BCUT2D eigenvalue weighted by atomic mass is 16.5. The number of hydrogen-bond donors (Lipinski definition) is 3. The average molecular weight is 361 g/mol. The smallest absolute Gasteiger partial charge is 0.279 e. The van der Waals surface area contributed by atoms with E-state index >= 15 is 0 Å². The molecule has 0 heterocycles. The average Bonchev–Trinajstić information content (AvgIpc) is 2.61. The number of benzene rings is 1. The van der Waals surface area contributed by atoms with E-state index in [4.69, 9.17) is 4.74 Å². The van der Waals surface area contributed by atoms with Crippen LogP contribution < -0.4 is 20.3 Å². The van der Waals surface area contributed by atoms with Crippen LogP contribution in [0.5, 0.6) is 5.75 Å². The molecule has 0 aliphatic rings. The highest BCUT2D eigenvalue weighted by molar-refractivity contribution is 5.91. The number of nitriles is 1. The van der Waals surface area contributed by atoms with Gasteiger partial charge in [0.2, 0.25) is 0 Å². The second kappa shape index (κ2) is 9.78. The van der Waals surface area contributed by atoms with E-state index in [0.717, 1.165) is 4.90 Å². The number of carbonyl (C=O) groups is 2. The molecule has 2 amide bonds. The van der Waals surface area contributed by atoms with Gasteiger partial charge in [0.15, 0.2) is 13.1 Å². The third kappa shape index (κ3) is 6.37. The van der Waals surface area contributed by atoms with Gasteiger partial charge in [-0.3, -0.25) is 9.59 Å². The fourth-order valence-electron chi connectivity index (χ4n) is 2.28. The Morgan fingerprint density at radius 2 is 1.81 bits per heavy atom. The van der Waals surface area contributed by atoms with Gasteiger partial charge >= 0.3 is 0 Å². The maximum atomic E-state index is 12.3. The molecule has 0 fully saturated rings. The highest BCUT2D eigenvalue weighted by Gasteiger charge is 2.31. The van der Waals surface area contributed by atoms with Crippen molar-refractivity contribution in [3.05, 3.63) is 24.3 Å². The van der Waals surface area contributed by atoms with E-state index in [1.807, 2.05) is 20.8 Å². The Labute approximate surface area is 155 Å². The number of quaternary nitrogens is 1. The first-order valence-corrected chi connectivity index (χ1v) is 8.73. The summed E-state index contributed by atoms with van der Waals surface area (Å²) in [6.45, 7) is 8.31. The minimum absolute atomic E-state index is 0.0140. The van der Waals surface area contributed by atoms with Crippen LogP contribution in [-0.4, -0.2) is 44.1 Å². The molecular formula is C19H29N4O3+. The number of rotatable bonds is 9. The number of nitrogens with zero attached hydrogens (tertiary/aromatic N) is 1. The van der Waals surface area contributed by atoms with Crippen molar-refractivity contribution in [2.45, 2.75) is 33.2 Å². The molecule has 142 valence electrons. The number of nitrogens with one attached hydrogen (secondary N) is 3. The Kier molecular flexibility index (Phi) is 8.07. The van der Waals surface area contributed by atoms with Gasteiger partial charge in [0, 0.05) is 5.69 Å². The van der Waals surface area contributed by atoms with Crippen molar-refractivity contribution in [1.29, 1.82) is 5.26 Å². The summed E-state index contributed by atoms with van der Waals surface area (Å²) in [4.78, 5) is 25.3. The lowest BCUT2D eigenvalue weighted by Gasteiger charge is -2.28. The fraction of sp³-hybridized carbons (Fsp3) is 0.526. The van der Waals surface area contributed by atoms with Gasteiger partial charge in [-0.2, -0.15) is 5.26 Å². The molecule has 2 atom stereocenters. The third-order valence-electron chi connectivity index (χ3n) is 4.48. The lowest BCUT2D eigenvalue weighted by atomic mass is 9.90. The summed E-state index contributed by atoms with van der Waals surface area (Å²) in [6, 6.07) is 9.20. The molecule has 0 aliphatic heterocycles. The Hall–Kier alpha value is -2.59. The fourth-order valence-corrected chi connectivity index (χ4v) is 2.28. The summed E-state index contributed by atoms with van der Waals surface area (Å²) in [5.74, 6) is 0.287. The van der Waals surface area contributed by atoms with Crippen LogP contribution in [0.25, 0.3) is 0 Å². The van der Waals surface area contributed by atoms with Crippen LogP contribution in [0.3, 0.4) is 0 Å². The van der Waals surface area contributed by atoms with Crippen LogP contribution in [0.1, 0.15) is 27.7 Å². The molecule has 7 heteroatoms. The number of likely N-dealkylation sites (N-methyl/N-ethyl adjacent to an activating group) is 1. The Balaban J connectivity index is 2.58. The second-order valence-electron chi connectivity index (χ2n) is 6.75. The van der Waals surface area contributed by atoms with Crippen LogP contribution >= 0.6 is 0 Å². The summed E-state index contributed by atoms with van der Waals surface area (Å²) in [6.07, 6.45) is 0. The number of methoxy groups -OCH3 is 1. The van der Waals surface area contributed by atoms with Crippen LogP contribution in [0.15, 0.2) is 24.3 Å². The van der Waals surface area contributed by atoms with Crippen LogP contribution in [0, 0.1) is 17.2 Å². The first-order valence-electron chi connectivity index (χ1n) is 8.73. The quantitative estimate of drug-likeness (QED) is 0.600. The topological polar surface area (TPSA) is 95.7 Å². The van der Waals surface area contributed by atoms with Crippen molar-refractivity contribution in [1.82, 2.24) is 5.32 Å². The predicted octanol–water partition coefficient (Wildman–Crippen LogP) is 0.593. The number of carbonyl (C=O) groups excluding carboxylic acids is 2. The first kappa shape index (κ1) is 21.5. The predicted molar refractivity (Wildman–Crippen MR) is 99.9 cm³/mol. The summed E-state index contributed by atoms with van der Waals surface area (Å²) in [7, 11) is 1.58. The van der Waals surface area contributed by atoms with Gasteiger partial charge in [0.05, 0.1) is 19.7 Å². The van der Waals surface area contributed by atoms with Crippen LogP contribution in [0.2, 0.25) is 0 Å². The molecule has 0 radical (unpaired) electrons. The first-order chi connectivity index (χ1) is 12.2. The summed E-state index contributed by atoms with van der Waals surface area (Å²) >= 11 is 0. The zero-order chi connectivity index (χ0) is 19.7. The Bertz CT molecular complexity index is 652. The van der Waals surface area contributed by atoms with Crippen molar-refractivity contribution >= 4 is 17.5 Å². The van der Waals surface area contributed by atoms with Crippen molar-refractivity contribution in [3.8, 4) is 11.8 Å². The molecule has 1 aromatic carbocycles. The van der Waals surface area contributed by atoms with E-state index in [-0.39, 0.29) is 30.8 Å². The van der Waals surface area contributed by atoms with Crippen LogP contribution in [0.4, 0.5) is 5.69 Å². The Morgan fingerprint density at radius 3 is 2.27 bits per heavy atom. The van der Waals surface area contributed by atoms with E-state index in [1.54, 1.807) is 38.3 Å². The number of ether oxygens (including phenoxy) is 1. The van der Waals surface area contributed by atoms with E-state index < -0.39 is 5.54 Å². The van der Waals surface area contributed by atoms with E-state index in [2.05, 4.69) is 16.7 Å². The molecule has 1 unspecified atom stereocenters. The molecule has 0 bridgehead atoms. The maximum Gasteiger partial charge on any atom is 0.279 e. The van der Waals surface area contributed by atoms with Crippen molar-refractivity contribution in [2.24, 2.45) is 5.92 Å². The molecule has 0 aliphatic carbocycles. The summed E-state index contributed by atoms with van der Waals surface area (Å²) in [5, 5.41) is 14.9. The minimum Gasteiger partial charge on any atom is -0.497 e. The molecule has 0 saturated heterocycles. The monoisotopic (exact) mass is 361 g/mol. The molecule has 0 saturated carbocycles. The zero-order valence-corrected chi connectivity index (χ0v) is 16.2. The summed E-state index contributed by atoms with van der Waals surface area (Å²) < 4.78 is 5.08. The zero-order valence-electron chi connectivity index (χ0n) is 16.2. The summed E-state index contributed by atoms with van der Waals surface area (Å²) in [5.41, 5.74) is -0.242. The molecular weight excluding hydrogens is 332 g/mol. The van der Waals surface area contributed by atoms with Gasteiger partial charge in [0.25, 0.3) is 11.8 Å². The molecule has 7 nitrogen and oxygen atoms in total. The number of hydrogen-bond acceptors (Lipinski definition) is 4. The van der Waals surface area contributed by atoms with Crippen molar-refractivity contribution < 1.29 is 19.2 Å². The van der Waals surface area contributed by atoms with Crippen molar-refractivity contribution in [2.75, 3.05) is 32.1 Å². The largest absolute Gasteiger partial charge is 0.497 e. The van der Waals surface area contributed by atoms with E-state index in [0.29, 0.717) is 18.0 Å². The maximum absolute atomic E-state index is 12.3. The molecule has 0 spiro atoms. The van der Waals surface area contributed by atoms with Gasteiger partial charge in [-0.05, 0) is 44.0 Å². The standard InChI is InChI=1S/C19H28N4O3/c1-6-23(12-18(25)22-19(4,13-20)14(2)3)11-17(24)21-15-7-9-16(26-5)10-8-15/h7-10,14H,6,11-12H2,1-5H3,(H,21,24)(H,22,25)/p+1/t19-/m0/s1. The van der Waals surface area contributed by atoms with Gasteiger partial charge in [-0.25, -0.2) is 0 Å². The minimum atomic E-state index is -0.915. The van der Waals surface area contributed by atoms with Gasteiger partial charge in [-0.1, -0.05) is 13.8 Å². The van der Waals surface area contributed by atoms with Crippen LogP contribution in [-0.2, 0) is 9.59 Å². The van der Waals surface area contributed by atoms with Gasteiger partial charge in [-0.15, -0.1) is 0 Å². The second-order valence-corrected chi connectivity index (χ2v) is 6.75.